The molecule has 0 spiro atoms. The summed E-state index contributed by atoms with van der Waals surface area (Å²) in [6, 6.07) is 25.5. The summed E-state index contributed by atoms with van der Waals surface area (Å²) in [6.45, 7) is 1.65. The van der Waals surface area contributed by atoms with Crippen molar-refractivity contribution in [2.24, 2.45) is 0 Å². The number of hydrogen-bond donors (Lipinski definition) is 3. The molecule has 202 valence electrons. The summed E-state index contributed by atoms with van der Waals surface area (Å²) < 4.78 is 5.90. The predicted octanol–water partition coefficient (Wildman–Crippen LogP) is 8.08. The van der Waals surface area contributed by atoms with Gasteiger partial charge in [0.05, 0.1) is 21.8 Å². The monoisotopic (exact) mass is 576 g/mol. The first kappa shape index (κ1) is 26.5. The number of benzene rings is 3. The van der Waals surface area contributed by atoms with Crippen LogP contribution in [-0.4, -0.2) is 21.5 Å². The number of pyridine rings is 1. The van der Waals surface area contributed by atoms with Crippen LogP contribution in [0.4, 0.5) is 11.4 Å². The highest BCUT2D eigenvalue weighted by atomic mass is 35.5. The molecule has 6 rings (SSSR count). The molecule has 0 aliphatic heterocycles. The van der Waals surface area contributed by atoms with Gasteiger partial charge in [-0.05, 0) is 59.0 Å². The van der Waals surface area contributed by atoms with Crippen molar-refractivity contribution in [1.29, 1.82) is 5.26 Å². The highest BCUT2D eigenvalue weighted by Gasteiger charge is 2.13. The number of ether oxygens (including phenoxy) is 1. The van der Waals surface area contributed by atoms with Crippen LogP contribution in [0.2, 0.25) is 5.02 Å². The van der Waals surface area contributed by atoms with Crippen molar-refractivity contribution in [2.75, 3.05) is 11.9 Å². The lowest BCUT2D eigenvalue weighted by atomic mass is 10.0. The van der Waals surface area contributed by atoms with Gasteiger partial charge in [-0.25, -0.2) is 4.98 Å². The first-order valence-electron chi connectivity index (χ1n) is 13.1. The SMILES string of the molecule is N#Cc1cnc2cc(-c3csc(CNCCc4ncc[nH]4)c3)ccc2c1Nc1ccc(Oc2ccccc2)c(Cl)c1. The van der Waals surface area contributed by atoms with Crippen molar-refractivity contribution in [1.82, 2.24) is 20.3 Å². The fourth-order valence-electron chi connectivity index (χ4n) is 4.49. The Hall–Kier alpha value is -4.68. The highest BCUT2D eigenvalue weighted by Crippen LogP contribution is 2.36. The second-order valence-corrected chi connectivity index (χ2v) is 10.7. The number of nitrogens with one attached hydrogen (secondary N) is 3. The van der Waals surface area contributed by atoms with Gasteiger partial charge in [0.1, 0.15) is 23.4 Å². The summed E-state index contributed by atoms with van der Waals surface area (Å²) in [5, 5.41) is 20.1. The molecule has 6 aromatic rings. The largest absolute Gasteiger partial charge is 0.456 e. The van der Waals surface area contributed by atoms with E-state index in [1.165, 1.54) is 4.88 Å². The lowest BCUT2D eigenvalue weighted by Gasteiger charge is -2.14. The summed E-state index contributed by atoms with van der Waals surface area (Å²) in [5.74, 6) is 2.24. The van der Waals surface area contributed by atoms with E-state index in [4.69, 9.17) is 16.3 Å². The smallest absolute Gasteiger partial charge is 0.146 e. The van der Waals surface area contributed by atoms with Gasteiger partial charge in [-0.3, -0.25) is 4.98 Å². The van der Waals surface area contributed by atoms with E-state index in [0.717, 1.165) is 53.1 Å². The maximum absolute atomic E-state index is 9.81. The summed E-state index contributed by atoms with van der Waals surface area (Å²) >= 11 is 8.27. The second kappa shape index (κ2) is 12.2. The van der Waals surface area contributed by atoms with Crippen LogP contribution >= 0.6 is 22.9 Å². The van der Waals surface area contributed by atoms with E-state index >= 15 is 0 Å². The van der Waals surface area contributed by atoms with E-state index in [1.54, 1.807) is 29.8 Å². The molecule has 0 saturated carbocycles. The van der Waals surface area contributed by atoms with Crippen LogP contribution in [0.25, 0.3) is 22.0 Å². The Labute approximate surface area is 246 Å². The molecule has 3 aromatic heterocycles. The number of hydrogen-bond acceptors (Lipinski definition) is 7. The fourth-order valence-corrected chi connectivity index (χ4v) is 5.57. The molecule has 0 aliphatic carbocycles. The molecule has 9 heteroatoms. The van der Waals surface area contributed by atoms with Crippen LogP contribution in [0.15, 0.2) is 96.8 Å². The van der Waals surface area contributed by atoms with Crippen LogP contribution in [0, 0.1) is 11.3 Å². The zero-order valence-corrected chi connectivity index (χ0v) is 23.5. The lowest BCUT2D eigenvalue weighted by Crippen LogP contribution is -2.16. The minimum atomic E-state index is 0.449. The zero-order chi connectivity index (χ0) is 28.0. The van der Waals surface area contributed by atoms with E-state index in [2.05, 4.69) is 55.2 Å². The Morgan fingerprint density at radius 2 is 1.90 bits per heavy atom. The highest BCUT2D eigenvalue weighted by molar-refractivity contribution is 7.10. The van der Waals surface area contributed by atoms with E-state index in [9.17, 15) is 5.26 Å². The number of H-pyrrole nitrogens is 1. The van der Waals surface area contributed by atoms with Gasteiger partial charge in [-0.2, -0.15) is 5.26 Å². The van der Waals surface area contributed by atoms with E-state index < -0.39 is 0 Å². The number of nitriles is 1. The first-order chi connectivity index (χ1) is 20.2. The van der Waals surface area contributed by atoms with Crippen LogP contribution in [0.3, 0.4) is 0 Å². The molecule has 0 bridgehead atoms. The number of halogens is 1. The number of fused-ring (bicyclic) bond motifs is 1. The van der Waals surface area contributed by atoms with Crippen molar-refractivity contribution in [3.05, 3.63) is 118 Å². The Bertz CT molecular complexity index is 1830. The number of rotatable bonds is 10. The molecule has 0 aliphatic rings. The number of imidazole rings is 1. The van der Waals surface area contributed by atoms with E-state index in [-0.39, 0.29) is 0 Å². The third kappa shape index (κ3) is 6.23. The second-order valence-electron chi connectivity index (χ2n) is 9.34. The summed E-state index contributed by atoms with van der Waals surface area (Å²) in [6.07, 6.45) is 6.08. The Morgan fingerprint density at radius 1 is 1.00 bits per heavy atom. The number of para-hydroxylation sites is 1. The Kier molecular flexibility index (Phi) is 7.92. The van der Waals surface area contributed by atoms with Crippen molar-refractivity contribution < 1.29 is 4.74 Å². The van der Waals surface area contributed by atoms with Gasteiger partial charge in [0.2, 0.25) is 0 Å². The van der Waals surface area contributed by atoms with Crippen LogP contribution in [0.1, 0.15) is 16.3 Å². The molecule has 7 nitrogen and oxygen atoms in total. The minimum Gasteiger partial charge on any atom is -0.456 e. The van der Waals surface area contributed by atoms with E-state index in [0.29, 0.717) is 27.8 Å². The van der Waals surface area contributed by atoms with Crippen molar-refractivity contribution in [2.45, 2.75) is 13.0 Å². The minimum absolute atomic E-state index is 0.449. The zero-order valence-electron chi connectivity index (χ0n) is 21.9. The van der Waals surface area contributed by atoms with Gasteiger partial charge in [-0.1, -0.05) is 41.9 Å². The molecule has 0 unspecified atom stereocenters. The molecule has 41 heavy (non-hydrogen) atoms. The van der Waals surface area contributed by atoms with Crippen LogP contribution in [0.5, 0.6) is 11.5 Å². The van der Waals surface area contributed by atoms with Gasteiger partial charge in [0.15, 0.2) is 0 Å². The molecule has 0 saturated heterocycles. The van der Waals surface area contributed by atoms with Gasteiger partial charge < -0.3 is 20.4 Å². The molecule has 3 heterocycles. The average molecular weight is 577 g/mol. The average Bonchev–Trinajstić information content (AvgIpc) is 3.70. The van der Waals surface area contributed by atoms with E-state index in [1.807, 2.05) is 54.7 Å². The van der Waals surface area contributed by atoms with Crippen LogP contribution < -0.4 is 15.4 Å². The number of anilines is 2. The summed E-state index contributed by atoms with van der Waals surface area (Å²) in [7, 11) is 0. The maximum atomic E-state index is 9.81. The lowest BCUT2D eigenvalue weighted by molar-refractivity contribution is 0.483. The predicted molar refractivity (Wildman–Crippen MR) is 165 cm³/mol. The molecule has 0 amide bonds. The number of nitrogens with zero attached hydrogens (tertiary/aromatic N) is 3. The van der Waals surface area contributed by atoms with Crippen molar-refractivity contribution in [3.63, 3.8) is 0 Å². The topological polar surface area (TPSA) is 98.7 Å². The fraction of sp³-hybridized carbons (Fsp3) is 0.0938. The molecule has 0 fully saturated rings. The first-order valence-corrected chi connectivity index (χ1v) is 14.3. The maximum Gasteiger partial charge on any atom is 0.146 e. The molecule has 3 aromatic carbocycles. The van der Waals surface area contributed by atoms with Crippen LogP contribution in [-0.2, 0) is 13.0 Å². The number of thiophene rings is 1. The Morgan fingerprint density at radius 3 is 2.71 bits per heavy atom. The molecular weight excluding hydrogens is 552 g/mol. The number of aromatic amines is 1. The molecule has 0 radical (unpaired) electrons. The van der Waals surface area contributed by atoms with Gasteiger partial charge in [0, 0.05) is 54.1 Å². The normalized spacial score (nSPS) is 10.9. The molecule has 0 atom stereocenters. The number of aromatic nitrogens is 3. The van der Waals surface area contributed by atoms with Crippen molar-refractivity contribution in [3.8, 4) is 28.7 Å². The van der Waals surface area contributed by atoms with Crippen molar-refractivity contribution >= 4 is 45.2 Å². The summed E-state index contributed by atoms with van der Waals surface area (Å²) in [4.78, 5) is 13.2. The standard InChI is InChI=1S/C32H25ClN6OS/c33-28-16-24(7-9-30(28)40-25-4-2-1-3-5-25)39-32-23(17-34)18-38-29-15-21(6-8-27(29)32)22-14-26(41-20-22)19-35-11-10-31-36-12-13-37-31/h1-9,12-16,18,20,35H,10-11,19H2,(H,36,37)(H,38,39). The Balaban J connectivity index is 1.19. The van der Waals surface area contributed by atoms with Gasteiger partial charge >= 0.3 is 0 Å². The quantitative estimate of drug-likeness (QED) is 0.143. The third-order valence-electron chi connectivity index (χ3n) is 6.54. The molecular formula is C32H25ClN6OS. The molecule has 3 N–H and O–H groups in total. The summed E-state index contributed by atoms with van der Waals surface area (Å²) in [5.41, 5.74) is 4.88. The van der Waals surface area contributed by atoms with Gasteiger partial charge in [-0.15, -0.1) is 11.3 Å². The third-order valence-corrected chi connectivity index (χ3v) is 7.77. The van der Waals surface area contributed by atoms with Gasteiger partial charge in [0.25, 0.3) is 0 Å².